The maximum absolute atomic E-state index is 13.7. The summed E-state index contributed by atoms with van der Waals surface area (Å²) in [6, 6.07) is 13.5. The first-order valence-electron chi connectivity index (χ1n) is 20.6. The summed E-state index contributed by atoms with van der Waals surface area (Å²) >= 11 is 0. The lowest BCUT2D eigenvalue weighted by atomic mass is 9.89. The van der Waals surface area contributed by atoms with Gasteiger partial charge in [0.05, 0.1) is 36.9 Å². The Bertz CT molecular complexity index is 2190. The van der Waals surface area contributed by atoms with Crippen molar-refractivity contribution in [2.24, 2.45) is 5.41 Å². The number of nitrogens with zero attached hydrogens (tertiary/aromatic N) is 6. The van der Waals surface area contributed by atoms with Crippen LogP contribution in [0.2, 0.25) is 0 Å². The van der Waals surface area contributed by atoms with E-state index in [0.29, 0.717) is 74.3 Å². The van der Waals surface area contributed by atoms with Gasteiger partial charge in [0.15, 0.2) is 0 Å². The molecule has 4 amide bonds. The molecule has 15 nitrogen and oxygen atoms in total. The average molecular weight is 862 g/mol. The average Bonchev–Trinajstić information content (AvgIpc) is 3.94. The second-order valence-corrected chi connectivity index (χ2v) is 16.2. The number of anilines is 2. The number of ether oxygens (including phenoxy) is 2. The largest absolute Gasteiger partial charge is 0.573 e. The van der Waals surface area contributed by atoms with Crippen LogP contribution >= 0.6 is 0 Å². The summed E-state index contributed by atoms with van der Waals surface area (Å²) in [6.07, 6.45) is 0.355. The normalized spacial score (nSPS) is 15.7. The van der Waals surface area contributed by atoms with E-state index in [1.165, 1.54) is 25.4 Å². The van der Waals surface area contributed by atoms with Crippen LogP contribution in [-0.4, -0.2) is 132 Å². The van der Waals surface area contributed by atoms with Gasteiger partial charge < -0.3 is 44.7 Å². The van der Waals surface area contributed by atoms with Crippen molar-refractivity contribution in [1.29, 1.82) is 0 Å². The quantitative estimate of drug-likeness (QED) is 0.130. The lowest BCUT2D eigenvalue weighted by molar-refractivity contribution is -0.274. The standard InChI is InChI=1S/C44H54F3N9O6/c1-6-43(2,3)28-55(39(57)25-48-4)26-37-49-24-34(52-37)30-11-9-29(10-12-30)33-15-13-31(22-36(33)62-44(45,46)47)41(59)51-32-14-16-38(50-23-32)53-18-20-54(21-19-53)42(60)35-8-7-17-56(35)40(58)27-61-5/h9-16,22-24,35,48H,6-8,17-21,25-28H2,1-5H3,(H,49,52)(H,51,59). The number of carbonyl (C=O) groups is 4. The molecule has 4 heterocycles. The minimum Gasteiger partial charge on any atom is -0.405 e. The molecule has 0 saturated carbocycles. The molecule has 2 fully saturated rings. The third-order valence-electron chi connectivity index (χ3n) is 11.2. The van der Waals surface area contributed by atoms with E-state index in [1.54, 1.807) is 64.3 Å². The Kier molecular flexibility index (Phi) is 14.5. The van der Waals surface area contributed by atoms with E-state index >= 15 is 0 Å². The second kappa shape index (κ2) is 19.8. The van der Waals surface area contributed by atoms with Crippen molar-refractivity contribution in [2.75, 3.05) is 76.8 Å². The molecule has 0 aliphatic carbocycles. The van der Waals surface area contributed by atoms with Gasteiger partial charge in [-0.25, -0.2) is 9.97 Å². The van der Waals surface area contributed by atoms with Crippen molar-refractivity contribution in [3.63, 3.8) is 0 Å². The van der Waals surface area contributed by atoms with Crippen molar-refractivity contribution < 1.29 is 41.8 Å². The molecule has 1 atom stereocenters. The molecule has 1 unspecified atom stereocenters. The number of carbonyl (C=O) groups excluding carboxylic acids is 4. The highest BCUT2D eigenvalue weighted by molar-refractivity contribution is 6.05. The number of methoxy groups -OCH3 is 1. The molecule has 0 radical (unpaired) electrons. The third-order valence-corrected chi connectivity index (χ3v) is 11.2. The number of likely N-dealkylation sites (N-methyl/N-ethyl adjacent to an activating group) is 1. The number of imidazole rings is 1. The Morgan fingerprint density at radius 3 is 2.31 bits per heavy atom. The topological polar surface area (TPSA) is 165 Å². The number of hydrogen-bond donors (Lipinski definition) is 3. The fourth-order valence-electron chi connectivity index (χ4n) is 7.58. The molecular formula is C44H54F3N9O6. The number of rotatable bonds is 16. The number of halogens is 3. The first-order chi connectivity index (χ1) is 29.6. The second-order valence-electron chi connectivity index (χ2n) is 16.2. The van der Waals surface area contributed by atoms with E-state index in [4.69, 9.17) is 4.74 Å². The molecule has 0 bridgehead atoms. The van der Waals surface area contributed by atoms with E-state index < -0.39 is 24.1 Å². The fraction of sp³-hybridized carbons (Fsp3) is 0.455. The van der Waals surface area contributed by atoms with Gasteiger partial charge in [-0.3, -0.25) is 19.2 Å². The van der Waals surface area contributed by atoms with Crippen molar-refractivity contribution in [2.45, 2.75) is 59.0 Å². The highest BCUT2D eigenvalue weighted by Gasteiger charge is 2.37. The molecule has 6 rings (SSSR count). The summed E-state index contributed by atoms with van der Waals surface area (Å²) in [5.74, 6) is -0.296. The number of amides is 4. The van der Waals surface area contributed by atoms with E-state index in [-0.39, 0.29) is 54.0 Å². The molecule has 0 spiro atoms. The van der Waals surface area contributed by atoms with Gasteiger partial charge in [0.2, 0.25) is 17.7 Å². The summed E-state index contributed by atoms with van der Waals surface area (Å²) < 4.78 is 50.4. The minimum absolute atomic E-state index is 0.0484. The Morgan fingerprint density at radius 1 is 0.935 bits per heavy atom. The van der Waals surface area contributed by atoms with E-state index in [1.807, 2.05) is 4.90 Å². The van der Waals surface area contributed by atoms with E-state index in [0.717, 1.165) is 24.5 Å². The minimum atomic E-state index is -5.02. The number of nitrogens with one attached hydrogen (secondary N) is 3. The van der Waals surface area contributed by atoms with Gasteiger partial charge in [0, 0.05) is 57.5 Å². The number of alkyl halides is 3. The monoisotopic (exact) mass is 861 g/mol. The van der Waals surface area contributed by atoms with Crippen LogP contribution < -0.4 is 20.3 Å². The number of pyridine rings is 1. The molecular weight excluding hydrogens is 808 g/mol. The van der Waals surface area contributed by atoms with Gasteiger partial charge >= 0.3 is 6.36 Å². The van der Waals surface area contributed by atoms with Crippen LogP contribution in [0, 0.1) is 5.41 Å². The highest BCUT2D eigenvalue weighted by atomic mass is 19.4. The van der Waals surface area contributed by atoms with E-state index in [9.17, 15) is 32.3 Å². The molecule has 2 aliphatic rings. The maximum atomic E-state index is 13.7. The lowest BCUT2D eigenvalue weighted by Crippen LogP contribution is -2.55. The van der Waals surface area contributed by atoms with Crippen molar-refractivity contribution >= 4 is 35.1 Å². The van der Waals surface area contributed by atoms with Crippen molar-refractivity contribution in [3.05, 3.63) is 78.4 Å². The molecule has 2 aliphatic heterocycles. The van der Waals surface area contributed by atoms with Crippen LogP contribution in [0.25, 0.3) is 22.4 Å². The molecule has 2 aromatic heterocycles. The van der Waals surface area contributed by atoms with Gasteiger partial charge in [0.25, 0.3) is 5.91 Å². The molecule has 332 valence electrons. The molecule has 18 heteroatoms. The Hall–Kier alpha value is -6.01. The predicted octanol–water partition coefficient (Wildman–Crippen LogP) is 5.56. The molecule has 2 saturated heterocycles. The Morgan fingerprint density at radius 2 is 1.66 bits per heavy atom. The predicted molar refractivity (Wildman–Crippen MR) is 227 cm³/mol. The summed E-state index contributed by atoms with van der Waals surface area (Å²) in [7, 11) is 3.17. The molecule has 3 N–H and O–H groups in total. The summed E-state index contributed by atoms with van der Waals surface area (Å²) in [4.78, 5) is 71.3. The summed E-state index contributed by atoms with van der Waals surface area (Å²) in [5.41, 5.74) is 2.12. The van der Waals surface area contributed by atoms with Crippen LogP contribution in [0.1, 0.15) is 56.2 Å². The van der Waals surface area contributed by atoms with Crippen LogP contribution in [-0.2, 0) is 25.7 Å². The van der Waals surface area contributed by atoms with Gasteiger partial charge in [-0.05, 0) is 73.2 Å². The third kappa shape index (κ3) is 11.5. The van der Waals surface area contributed by atoms with Gasteiger partial charge in [-0.15, -0.1) is 13.2 Å². The van der Waals surface area contributed by atoms with Gasteiger partial charge in [0.1, 0.15) is 30.0 Å². The van der Waals surface area contributed by atoms with Gasteiger partial charge in [-0.1, -0.05) is 45.0 Å². The van der Waals surface area contributed by atoms with Crippen LogP contribution in [0.5, 0.6) is 5.75 Å². The zero-order chi connectivity index (χ0) is 44.6. The smallest absolute Gasteiger partial charge is 0.405 e. The number of likely N-dealkylation sites (tertiary alicyclic amines) is 1. The van der Waals surface area contributed by atoms with Crippen molar-refractivity contribution in [3.8, 4) is 28.1 Å². The number of H-pyrrole nitrogens is 1. The highest BCUT2D eigenvalue weighted by Crippen LogP contribution is 2.36. The van der Waals surface area contributed by atoms with Crippen LogP contribution in [0.15, 0.2) is 67.0 Å². The zero-order valence-electron chi connectivity index (χ0n) is 35.7. The van der Waals surface area contributed by atoms with Crippen molar-refractivity contribution in [1.82, 2.24) is 35.0 Å². The van der Waals surface area contributed by atoms with Crippen LogP contribution in [0.3, 0.4) is 0 Å². The van der Waals surface area contributed by atoms with Gasteiger partial charge in [-0.2, -0.15) is 0 Å². The number of aromatic nitrogens is 3. The van der Waals surface area contributed by atoms with Crippen LogP contribution in [0.4, 0.5) is 24.7 Å². The number of piperazine rings is 1. The first-order valence-corrected chi connectivity index (χ1v) is 20.6. The maximum Gasteiger partial charge on any atom is 0.573 e. The zero-order valence-corrected chi connectivity index (χ0v) is 35.7. The number of aromatic amines is 1. The Balaban J connectivity index is 1.08. The van der Waals surface area contributed by atoms with E-state index in [2.05, 4.69) is 51.1 Å². The summed E-state index contributed by atoms with van der Waals surface area (Å²) in [5, 5.41) is 5.61. The molecule has 62 heavy (non-hydrogen) atoms. The number of hydrogen-bond acceptors (Lipinski definition) is 10. The lowest BCUT2D eigenvalue weighted by Gasteiger charge is -2.37. The molecule has 2 aromatic carbocycles. The fourth-order valence-corrected chi connectivity index (χ4v) is 7.58. The SMILES string of the molecule is CCC(C)(C)CN(Cc1ncc(-c2ccc(-c3ccc(C(=O)Nc4ccc(N5CCN(C(=O)C6CCCN6C(=O)COC)CC5)nc4)cc3OC(F)(F)F)cc2)[nH]1)C(=O)CNC. The number of benzene rings is 2. The molecule has 4 aromatic rings. The first kappa shape index (κ1) is 45.5. The summed E-state index contributed by atoms with van der Waals surface area (Å²) in [6.45, 7) is 9.73. The Labute approximate surface area is 359 Å².